The normalized spacial score (nSPS) is 17.2. The van der Waals surface area contributed by atoms with E-state index in [0.717, 1.165) is 21.1 Å². The van der Waals surface area contributed by atoms with Gasteiger partial charge in [-0.25, -0.2) is 0 Å². The fourth-order valence-corrected chi connectivity index (χ4v) is 3.54. The van der Waals surface area contributed by atoms with Crippen molar-refractivity contribution in [3.05, 3.63) is 46.8 Å². The summed E-state index contributed by atoms with van der Waals surface area (Å²) in [6, 6.07) is 9.40. The maximum atomic E-state index is 12.4. The Hall–Kier alpha value is -2.61. The van der Waals surface area contributed by atoms with E-state index in [0.29, 0.717) is 25.3 Å². The van der Waals surface area contributed by atoms with Crippen LogP contribution in [0.5, 0.6) is 0 Å². The first-order valence-electron chi connectivity index (χ1n) is 8.36. The van der Waals surface area contributed by atoms with Gasteiger partial charge in [0.25, 0.3) is 0 Å². The second kappa shape index (κ2) is 6.95. The minimum Gasteiger partial charge on any atom is -0.469 e. The lowest BCUT2D eigenvalue weighted by Crippen LogP contribution is -2.34. The highest BCUT2D eigenvalue weighted by atomic mass is 79.9. The van der Waals surface area contributed by atoms with Gasteiger partial charge in [0.1, 0.15) is 5.76 Å². The molecule has 0 unspecified atom stereocenters. The second-order valence-corrected chi connectivity index (χ2v) is 7.18. The van der Waals surface area contributed by atoms with Crippen molar-refractivity contribution in [1.82, 2.24) is 15.5 Å². The molecule has 0 saturated carbocycles. The highest BCUT2D eigenvalue weighted by Gasteiger charge is 2.36. The number of furan rings is 1. The molecule has 3 heterocycles. The first kappa shape index (κ1) is 16.8. The number of nitrogens with zero attached hydrogens (tertiary/aromatic N) is 2. The Labute approximate surface area is 157 Å². The molecule has 1 aromatic carbocycles. The molecule has 2 N–H and O–H groups in total. The molecule has 0 spiro atoms. The lowest BCUT2D eigenvalue weighted by atomic mass is 10.1. The third kappa shape index (κ3) is 3.24. The van der Waals surface area contributed by atoms with Crippen LogP contribution in [-0.4, -0.2) is 35.1 Å². The van der Waals surface area contributed by atoms with Crippen LogP contribution in [0.2, 0.25) is 0 Å². The second-order valence-electron chi connectivity index (χ2n) is 6.26. The highest BCUT2D eigenvalue weighted by Crippen LogP contribution is 2.31. The number of benzene rings is 1. The van der Waals surface area contributed by atoms with Crippen LogP contribution in [0.3, 0.4) is 0 Å². The summed E-state index contributed by atoms with van der Waals surface area (Å²) >= 11 is 3.42. The van der Waals surface area contributed by atoms with Gasteiger partial charge in [0.05, 0.1) is 17.7 Å². The first-order valence-corrected chi connectivity index (χ1v) is 9.15. The summed E-state index contributed by atoms with van der Waals surface area (Å²) in [6.07, 6.45) is 2.43. The van der Waals surface area contributed by atoms with Gasteiger partial charge in [0.2, 0.25) is 11.8 Å². The zero-order valence-electron chi connectivity index (χ0n) is 13.9. The van der Waals surface area contributed by atoms with E-state index in [1.807, 2.05) is 30.3 Å². The number of anilines is 1. The van der Waals surface area contributed by atoms with Crippen molar-refractivity contribution < 1.29 is 14.0 Å². The third-order valence-corrected chi connectivity index (χ3v) is 5.00. The number of hydrogen-bond acceptors (Lipinski definition) is 4. The first-order chi connectivity index (χ1) is 12.6. The zero-order chi connectivity index (χ0) is 18.1. The van der Waals surface area contributed by atoms with Crippen molar-refractivity contribution in [2.24, 2.45) is 5.92 Å². The van der Waals surface area contributed by atoms with E-state index in [2.05, 4.69) is 31.4 Å². The maximum Gasteiger partial charge on any atom is 0.229 e. The van der Waals surface area contributed by atoms with Crippen LogP contribution >= 0.6 is 15.9 Å². The van der Waals surface area contributed by atoms with E-state index in [9.17, 15) is 9.59 Å². The van der Waals surface area contributed by atoms with Crippen LogP contribution in [0.4, 0.5) is 5.82 Å². The number of nitrogens with one attached hydrogen (secondary N) is 2. The maximum absolute atomic E-state index is 12.4. The van der Waals surface area contributed by atoms with Crippen LogP contribution in [0, 0.1) is 5.92 Å². The zero-order valence-corrected chi connectivity index (χ0v) is 15.5. The van der Waals surface area contributed by atoms with Gasteiger partial charge in [-0.05, 0) is 30.3 Å². The number of amides is 2. The molecule has 8 heteroatoms. The summed E-state index contributed by atoms with van der Waals surface area (Å²) in [7, 11) is 0. The minimum absolute atomic E-state index is 0.0903. The number of rotatable bonds is 5. The summed E-state index contributed by atoms with van der Waals surface area (Å²) in [6.45, 7) is 0.817. The Balaban J connectivity index is 1.42. The van der Waals surface area contributed by atoms with Crippen molar-refractivity contribution in [1.29, 1.82) is 0 Å². The van der Waals surface area contributed by atoms with Crippen LogP contribution in [0.15, 0.2) is 45.5 Å². The molecule has 26 heavy (non-hydrogen) atoms. The average molecular weight is 417 g/mol. The molecule has 2 aromatic heterocycles. The summed E-state index contributed by atoms with van der Waals surface area (Å²) < 4.78 is 6.18. The van der Waals surface area contributed by atoms with Crippen LogP contribution in [-0.2, 0) is 16.0 Å². The third-order valence-electron chi connectivity index (χ3n) is 4.51. The van der Waals surface area contributed by atoms with Crippen molar-refractivity contribution in [3.63, 3.8) is 0 Å². The molecule has 4 rings (SSSR count). The molecule has 0 bridgehead atoms. The molecule has 1 fully saturated rings. The Bertz CT molecular complexity index is 951. The number of hydrogen-bond donors (Lipinski definition) is 2. The lowest BCUT2D eigenvalue weighted by Gasteiger charge is -2.14. The van der Waals surface area contributed by atoms with Gasteiger partial charge in [-0.1, -0.05) is 15.9 Å². The van der Waals surface area contributed by atoms with E-state index < -0.39 is 0 Å². The molecule has 0 radical (unpaired) electrons. The summed E-state index contributed by atoms with van der Waals surface area (Å²) in [5.74, 6) is 0.816. The van der Waals surface area contributed by atoms with E-state index in [1.54, 1.807) is 11.2 Å². The SMILES string of the molecule is O=C(NCCc1ccco1)[C@@H]1CC(=O)N(c2n[nH]c3cc(Br)ccc23)C1. The minimum atomic E-state index is -0.374. The molecule has 2 amide bonds. The van der Waals surface area contributed by atoms with Gasteiger partial charge < -0.3 is 9.73 Å². The number of aromatic nitrogens is 2. The van der Waals surface area contributed by atoms with Crippen molar-refractivity contribution in [3.8, 4) is 0 Å². The number of fused-ring (bicyclic) bond motifs is 1. The predicted octanol–water partition coefficient (Wildman–Crippen LogP) is 2.63. The van der Waals surface area contributed by atoms with Crippen LogP contribution in [0.25, 0.3) is 10.9 Å². The monoisotopic (exact) mass is 416 g/mol. The van der Waals surface area contributed by atoms with Gasteiger partial charge in [-0.2, -0.15) is 5.10 Å². The Kier molecular flexibility index (Phi) is 4.50. The fourth-order valence-electron chi connectivity index (χ4n) is 3.18. The molecule has 7 nitrogen and oxygen atoms in total. The van der Waals surface area contributed by atoms with E-state index in [-0.39, 0.29) is 24.2 Å². The Morgan fingerprint density at radius 3 is 3.12 bits per heavy atom. The number of H-pyrrole nitrogens is 1. The van der Waals surface area contributed by atoms with E-state index >= 15 is 0 Å². The molecule has 1 atom stereocenters. The largest absolute Gasteiger partial charge is 0.469 e. The lowest BCUT2D eigenvalue weighted by molar-refractivity contribution is -0.126. The van der Waals surface area contributed by atoms with Gasteiger partial charge in [0, 0.05) is 35.8 Å². The summed E-state index contributed by atoms with van der Waals surface area (Å²) in [5, 5.41) is 11.0. The fraction of sp³-hybridized carbons (Fsp3) is 0.278. The van der Waals surface area contributed by atoms with Crippen molar-refractivity contribution in [2.75, 3.05) is 18.0 Å². The topological polar surface area (TPSA) is 91.2 Å². The summed E-state index contributed by atoms with van der Waals surface area (Å²) in [4.78, 5) is 26.4. The van der Waals surface area contributed by atoms with Gasteiger partial charge in [-0.15, -0.1) is 0 Å². The van der Waals surface area contributed by atoms with Gasteiger partial charge >= 0.3 is 0 Å². The molecule has 1 aliphatic heterocycles. The standard InChI is InChI=1S/C18H17BrN4O3/c19-12-3-4-14-15(9-12)21-22-17(14)23-10-11(8-16(23)24)18(25)20-6-5-13-2-1-7-26-13/h1-4,7,9,11H,5-6,8,10H2,(H,20,25)(H,21,22)/t11-/m1/s1. The van der Waals surface area contributed by atoms with E-state index in [1.165, 1.54) is 0 Å². The average Bonchev–Trinajstić information content (AvgIpc) is 3.34. The molecule has 0 aliphatic carbocycles. The van der Waals surface area contributed by atoms with Crippen molar-refractivity contribution >= 4 is 44.5 Å². The molecule has 134 valence electrons. The van der Waals surface area contributed by atoms with Gasteiger partial charge in [0.15, 0.2) is 5.82 Å². The van der Waals surface area contributed by atoms with E-state index in [4.69, 9.17) is 4.42 Å². The Morgan fingerprint density at radius 1 is 1.42 bits per heavy atom. The molecular weight excluding hydrogens is 400 g/mol. The highest BCUT2D eigenvalue weighted by molar-refractivity contribution is 9.10. The molecule has 3 aromatic rings. The number of carbonyl (C=O) groups excluding carboxylic acids is 2. The number of halogens is 1. The predicted molar refractivity (Wildman–Crippen MR) is 99.7 cm³/mol. The summed E-state index contributed by atoms with van der Waals surface area (Å²) in [5.41, 5.74) is 0.841. The van der Waals surface area contributed by atoms with Gasteiger partial charge in [-0.3, -0.25) is 19.6 Å². The molecule has 1 saturated heterocycles. The molecular formula is C18H17BrN4O3. The Morgan fingerprint density at radius 2 is 2.31 bits per heavy atom. The quantitative estimate of drug-likeness (QED) is 0.668. The van der Waals surface area contributed by atoms with Crippen LogP contribution < -0.4 is 10.2 Å². The number of aromatic amines is 1. The van der Waals surface area contributed by atoms with Crippen LogP contribution in [0.1, 0.15) is 12.2 Å². The smallest absolute Gasteiger partial charge is 0.229 e. The number of carbonyl (C=O) groups is 2. The molecule has 1 aliphatic rings. The van der Waals surface area contributed by atoms with Crippen molar-refractivity contribution in [2.45, 2.75) is 12.8 Å².